The van der Waals surface area contributed by atoms with Crippen molar-refractivity contribution in [3.05, 3.63) is 71.0 Å². The lowest BCUT2D eigenvalue weighted by Gasteiger charge is -2.11. The summed E-state index contributed by atoms with van der Waals surface area (Å²) in [6, 6.07) is 10.3. The Morgan fingerprint density at radius 1 is 1.35 bits per heavy atom. The number of carbonyl (C=O) groups is 1. The molecule has 118 valence electrons. The standard InChI is InChI=1S/C18H17FN2OS/c1-12(2)11-21-15-7-8-23-17(15)9-16(21)18(22)20-10-13-5-3-4-6-14(13)19/h3-9H,1,10-11H2,2H3,(H,20,22). The third-order valence-corrected chi connectivity index (χ3v) is 4.43. The van der Waals surface area contributed by atoms with Crippen LogP contribution in [-0.2, 0) is 13.1 Å². The molecule has 2 aromatic heterocycles. The molecule has 0 bridgehead atoms. The van der Waals surface area contributed by atoms with Crippen molar-refractivity contribution in [1.29, 1.82) is 0 Å². The molecule has 0 aliphatic heterocycles. The Balaban J connectivity index is 1.84. The van der Waals surface area contributed by atoms with E-state index in [-0.39, 0.29) is 18.3 Å². The number of amides is 1. The molecule has 3 rings (SSSR count). The Bertz CT molecular complexity index is 878. The van der Waals surface area contributed by atoms with Crippen molar-refractivity contribution >= 4 is 27.5 Å². The van der Waals surface area contributed by atoms with Gasteiger partial charge in [0.2, 0.25) is 0 Å². The van der Waals surface area contributed by atoms with Crippen LogP contribution in [-0.4, -0.2) is 10.5 Å². The summed E-state index contributed by atoms with van der Waals surface area (Å²) in [6.07, 6.45) is 0. The molecule has 1 N–H and O–H groups in total. The zero-order chi connectivity index (χ0) is 16.4. The summed E-state index contributed by atoms with van der Waals surface area (Å²) < 4.78 is 16.7. The van der Waals surface area contributed by atoms with E-state index in [1.54, 1.807) is 29.5 Å². The van der Waals surface area contributed by atoms with Crippen LogP contribution in [0.4, 0.5) is 4.39 Å². The molecule has 0 aliphatic rings. The van der Waals surface area contributed by atoms with Gasteiger partial charge in [-0.15, -0.1) is 11.3 Å². The Morgan fingerprint density at radius 2 is 2.13 bits per heavy atom. The quantitative estimate of drug-likeness (QED) is 0.694. The van der Waals surface area contributed by atoms with Crippen LogP contribution >= 0.6 is 11.3 Å². The number of carbonyl (C=O) groups excluding carboxylic acids is 1. The Hall–Kier alpha value is -2.40. The molecule has 0 unspecified atom stereocenters. The van der Waals surface area contributed by atoms with Crippen LogP contribution < -0.4 is 5.32 Å². The van der Waals surface area contributed by atoms with Gasteiger partial charge >= 0.3 is 0 Å². The molecule has 1 amide bonds. The zero-order valence-corrected chi connectivity index (χ0v) is 13.6. The molecule has 3 nitrogen and oxygen atoms in total. The zero-order valence-electron chi connectivity index (χ0n) is 12.8. The highest BCUT2D eigenvalue weighted by atomic mass is 32.1. The van der Waals surface area contributed by atoms with Crippen LogP contribution in [0.3, 0.4) is 0 Å². The predicted molar refractivity (Wildman–Crippen MR) is 92.2 cm³/mol. The Kier molecular flexibility index (Phi) is 4.30. The van der Waals surface area contributed by atoms with Crippen LogP contribution in [0, 0.1) is 5.82 Å². The normalized spacial score (nSPS) is 10.9. The molecule has 23 heavy (non-hydrogen) atoms. The fraction of sp³-hybridized carbons (Fsp3) is 0.167. The number of nitrogens with zero attached hydrogens (tertiary/aromatic N) is 1. The largest absolute Gasteiger partial charge is 0.347 e. The van der Waals surface area contributed by atoms with Crippen molar-refractivity contribution in [2.75, 3.05) is 0 Å². The van der Waals surface area contributed by atoms with E-state index < -0.39 is 0 Å². The number of allylic oxidation sites excluding steroid dienone is 1. The maximum absolute atomic E-state index is 13.6. The molecule has 0 fully saturated rings. The van der Waals surface area contributed by atoms with Gasteiger partial charge in [0.25, 0.3) is 5.91 Å². The number of rotatable bonds is 5. The molecular weight excluding hydrogens is 311 g/mol. The lowest BCUT2D eigenvalue weighted by atomic mass is 10.2. The van der Waals surface area contributed by atoms with Gasteiger partial charge in [0.1, 0.15) is 11.5 Å². The first-order valence-electron chi connectivity index (χ1n) is 7.29. The molecule has 0 atom stereocenters. The molecular formula is C18H17FN2OS. The van der Waals surface area contributed by atoms with Gasteiger partial charge in [0.15, 0.2) is 0 Å². The van der Waals surface area contributed by atoms with Crippen molar-refractivity contribution in [1.82, 2.24) is 9.88 Å². The highest BCUT2D eigenvalue weighted by Crippen LogP contribution is 2.26. The van der Waals surface area contributed by atoms with Crippen LogP contribution in [0.25, 0.3) is 10.2 Å². The second kappa shape index (κ2) is 6.38. The summed E-state index contributed by atoms with van der Waals surface area (Å²) in [7, 11) is 0. The van der Waals surface area contributed by atoms with Crippen molar-refractivity contribution in [2.24, 2.45) is 0 Å². The summed E-state index contributed by atoms with van der Waals surface area (Å²) in [4.78, 5) is 12.5. The third-order valence-electron chi connectivity index (χ3n) is 3.58. The number of hydrogen-bond donors (Lipinski definition) is 1. The van der Waals surface area contributed by atoms with E-state index in [2.05, 4.69) is 11.9 Å². The topological polar surface area (TPSA) is 34.0 Å². The van der Waals surface area contributed by atoms with Crippen LogP contribution in [0.1, 0.15) is 23.0 Å². The van der Waals surface area contributed by atoms with Gasteiger partial charge in [-0.3, -0.25) is 4.79 Å². The summed E-state index contributed by atoms with van der Waals surface area (Å²) in [5, 5.41) is 4.80. The average Bonchev–Trinajstić information content (AvgIpc) is 3.08. The summed E-state index contributed by atoms with van der Waals surface area (Å²) in [6.45, 7) is 6.61. The summed E-state index contributed by atoms with van der Waals surface area (Å²) >= 11 is 1.59. The minimum Gasteiger partial charge on any atom is -0.347 e. The fourth-order valence-electron chi connectivity index (χ4n) is 2.51. The molecule has 3 aromatic rings. The number of nitrogens with one attached hydrogen (secondary N) is 1. The molecule has 0 saturated heterocycles. The first-order chi connectivity index (χ1) is 11.1. The molecule has 2 heterocycles. The van der Waals surface area contributed by atoms with Gasteiger partial charge in [-0.2, -0.15) is 0 Å². The van der Waals surface area contributed by atoms with Crippen LogP contribution in [0.5, 0.6) is 0 Å². The minimum absolute atomic E-state index is 0.164. The van der Waals surface area contributed by atoms with Gasteiger partial charge in [0.05, 0.1) is 10.2 Å². The van der Waals surface area contributed by atoms with Crippen molar-refractivity contribution in [2.45, 2.75) is 20.0 Å². The first-order valence-corrected chi connectivity index (χ1v) is 8.17. The smallest absolute Gasteiger partial charge is 0.268 e. The van der Waals surface area contributed by atoms with Crippen molar-refractivity contribution < 1.29 is 9.18 Å². The number of benzene rings is 1. The average molecular weight is 328 g/mol. The molecule has 1 aromatic carbocycles. The highest BCUT2D eigenvalue weighted by molar-refractivity contribution is 7.17. The first kappa shape index (κ1) is 15.5. The number of fused-ring (bicyclic) bond motifs is 1. The van der Waals surface area contributed by atoms with Gasteiger partial charge in [0, 0.05) is 18.7 Å². The predicted octanol–water partition coefficient (Wildman–Crippen LogP) is 4.35. The second-order valence-electron chi connectivity index (χ2n) is 5.52. The number of aromatic nitrogens is 1. The van der Waals surface area contributed by atoms with E-state index in [9.17, 15) is 9.18 Å². The summed E-state index contributed by atoms with van der Waals surface area (Å²) in [5.74, 6) is -0.524. The second-order valence-corrected chi connectivity index (χ2v) is 6.46. The van der Waals surface area contributed by atoms with Crippen LogP contribution in [0.15, 0.2) is 53.9 Å². The number of thiophene rings is 1. The maximum atomic E-state index is 13.6. The van der Waals surface area contributed by atoms with Crippen LogP contribution in [0.2, 0.25) is 0 Å². The van der Waals surface area contributed by atoms with Crippen molar-refractivity contribution in [3.8, 4) is 0 Å². The lowest BCUT2D eigenvalue weighted by Crippen LogP contribution is -2.26. The molecule has 0 radical (unpaired) electrons. The number of hydrogen-bond acceptors (Lipinski definition) is 2. The van der Waals surface area contributed by atoms with Gasteiger partial charge in [-0.25, -0.2) is 4.39 Å². The molecule has 5 heteroatoms. The van der Waals surface area contributed by atoms with Gasteiger partial charge in [-0.1, -0.05) is 30.4 Å². The van der Waals surface area contributed by atoms with E-state index in [1.165, 1.54) is 6.07 Å². The molecule has 0 spiro atoms. The monoisotopic (exact) mass is 328 g/mol. The highest BCUT2D eigenvalue weighted by Gasteiger charge is 2.16. The Labute approximate surface area is 138 Å². The van der Waals surface area contributed by atoms with Crippen molar-refractivity contribution in [3.63, 3.8) is 0 Å². The van der Waals surface area contributed by atoms with E-state index in [1.807, 2.05) is 29.0 Å². The van der Waals surface area contributed by atoms with E-state index in [0.717, 1.165) is 15.8 Å². The number of halogens is 1. The minimum atomic E-state index is -0.314. The van der Waals surface area contributed by atoms with Gasteiger partial charge in [-0.05, 0) is 30.5 Å². The summed E-state index contributed by atoms with van der Waals surface area (Å²) in [5.41, 5.74) is 3.04. The van der Waals surface area contributed by atoms with E-state index in [0.29, 0.717) is 17.8 Å². The van der Waals surface area contributed by atoms with E-state index >= 15 is 0 Å². The molecule has 0 aliphatic carbocycles. The van der Waals surface area contributed by atoms with E-state index in [4.69, 9.17) is 0 Å². The SMILES string of the molecule is C=C(C)Cn1c(C(=O)NCc2ccccc2F)cc2sccc21. The Morgan fingerprint density at radius 3 is 2.87 bits per heavy atom. The maximum Gasteiger partial charge on any atom is 0.268 e. The fourth-order valence-corrected chi connectivity index (χ4v) is 3.34. The van der Waals surface area contributed by atoms with Gasteiger partial charge < -0.3 is 9.88 Å². The molecule has 0 saturated carbocycles. The third kappa shape index (κ3) is 3.19. The lowest BCUT2D eigenvalue weighted by molar-refractivity contribution is 0.0942.